The molecule has 0 saturated carbocycles. The molecule has 2 fully saturated rings. The van der Waals surface area contributed by atoms with E-state index in [0.717, 1.165) is 35.4 Å². The molecule has 6 heteroatoms. The van der Waals surface area contributed by atoms with Gasteiger partial charge in [-0.2, -0.15) is 0 Å². The number of halogens is 1. The van der Waals surface area contributed by atoms with Gasteiger partial charge in [0.15, 0.2) is 0 Å². The van der Waals surface area contributed by atoms with Gasteiger partial charge in [0.2, 0.25) is 0 Å². The van der Waals surface area contributed by atoms with Crippen LogP contribution in [0.15, 0.2) is 42.5 Å². The number of epoxide rings is 1. The van der Waals surface area contributed by atoms with Crippen LogP contribution >= 0.6 is 11.6 Å². The second kappa shape index (κ2) is 10.1. The molecular formula is C24H31ClO5. The minimum Gasteiger partial charge on any atom is -0.494 e. The van der Waals surface area contributed by atoms with Crippen molar-refractivity contribution in [1.29, 1.82) is 0 Å². The maximum atomic E-state index is 10.4. The largest absolute Gasteiger partial charge is 0.494 e. The van der Waals surface area contributed by atoms with Crippen molar-refractivity contribution >= 4 is 11.6 Å². The molecule has 2 heterocycles. The summed E-state index contributed by atoms with van der Waals surface area (Å²) < 4.78 is 17.4. The van der Waals surface area contributed by atoms with E-state index >= 15 is 0 Å². The van der Waals surface area contributed by atoms with Crippen molar-refractivity contribution in [2.45, 2.75) is 57.0 Å². The zero-order chi connectivity index (χ0) is 21.7. The molecule has 4 rings (SSSR count). The molecule has 0 spiro atoms. The van der Waals surface area contributed by atoms with Gasteiger partial charge in [-0.05, 0) is 55.2 Å². The van der Waals surface area contributed by atoms with Crippen molar-refractivity contribution in [2.24, 2.45) is 0 Å². The molecule has 4 atom stereocenters. The zero-order valence-electron chi connectivity index (χ0n) is 17.8. The summed E-state index contributed by atoms with van der Waals surface area (Å²) in [6, 6.07) is 14.1. The Bertz CT molecular complexity index is 821. The third kappa shape index (κ3) is 5.54. The summed E-state index contributed by atoms with van der Waals surface area (Å²) in [6.45, 7) is 5.38. The number of aliphatic hydroxyl groups is 2. The van der Waals surface area contributed by atoms with Crippen LogP contribution in [0.1, 0.15) is 49.5 Å². The minimum atomic E-state index is -0.433. The van der Waals surface area contributed by atoms with Crippen LogP contribution in [0.4, 0.5) is 0 Å². The Morgan fingerprint density at radius 2 is 1.87 bits per heavy atom. The summed E-state index contributed by atoms with van der Waals surface area (Å²) in [5.74, 6) is 0.872. The molecular weight excluding hydrogens is 404 g/mol. The van der Waals surface area contributed by atoms with E-state index in [2.05, 4.69) is 18.2 Å². The van der Waals surface area contributed by atoms with E-state index in [9.17, 15) is 5.11 Å². The fourth-order valence-electron chi connectivity index (χ4n) is 4.05. The Kier molecular flexibility index (Phi) is 7.77. The van der Waals surface area contributed by atoms with Gasteiger partial charge in [0.05, 0.1) is 31.0 Å². The molecule has 3 unspecified atom stereocenters. The van der Waals surface area contributed by atoms with E-state index in [-0.39, 0.29) is 12.2 Å². The molecule has 0 amide bonds. The minimum absolute atomic E-state index is 0.0839. The first-order valence-corrected chi connectivity index (χ1v) is 10.8. The fourth-order valence-corrected chi connectivity index (χ4v) is 4.24. The monoisotopic (exact) mass is 434 g/mol. The lowest BCUT2D eigenvalue weighted by Gasteiger charge is -2.40. The van der Waals surface area contributed by atoms with E-state index in [1.807, 2.05) is 38.1 Å². The average molecular weight is 435 g/mol. The first-order valence-electron chi connectivity index (χ1n) is 10.4. The highest BCUT2D eigenvalue weighted by molar-refractivity contribution is 6.31. The van der Waals surface area contributed by atoms with Gasteiger partial charge in [0.25, 0.3) is 0 Å². The maximum absolute atomic E-state index is 10.4. The normalized spacial score (nSPS) is 27.7. The molecule has 2 aliphatic rings. The zero-order valence-corrected chi connectivity index (χ0v) is 18.6. The molecule has 0 aromatic heterocycles. The Labute approximate surface area is 183 Å². The van der Waals surface area contributed by atoms with Crippen LogP contribution in [0.2, 0.25) is 5.02 Å². The van der Waals surface area contributed by atoms with Crippen LogP contribution in [0, 0.1) is 0 Å². The highest BCUT2D eigenvalue weighted by Gasteiger charge is 2.49. The lowest BCUT2D eigenvalue weighted by atomic mass is 9.86. The van der Waals surface area contributed by atoms with Crippen LogP contribution in [-0.4, -0.2) is 48.3 Å². The number of ether oxygens (including phenoxy) is 3. The van der Waals surface area contributed by atoms with E-state index in [4.69, 9.17) is 30.9 Å². The van der Waals surface area contributed by atoms with Crippen LogP contribution < -0.4 is 4.74 Å². The van der Waals surface area contributed by atoms with Gasteiger partial charge < -0.3 is 24.4 Å². The lowest BCUT2D eigenvalue weighted by molar-refractivity contribution is -0.165. The molecule has 30 heavy (non-hydrogen) atoms. The molecule has 5 nitrogen and oxygen atoms in total. The quantitative estimate of drug-likeness (QED) is 0.663. The van der Waals surface area contributed by atoms with Crippen molar-refractivity contribution in [3.8, 4) is 5.75 Å². The van der Waals surface area contributed by atoms with Crippen molar-refractivity contribution < 1.29 is 24.4 Å². The molecule has 2 aromatic carbocycles. The number of aliphatic hydroxyl groups excluding tert-OH is 2. The Morgan fingerprint density at radius 1 is 1.17 bits per heavy atom. The van der Waals surface area contributed by atoms with E-state index in [0.29, 0.717) is 26.1 Å². The van der Waals surface area contributed by atoms with Gasteiger partial charge in [-0.25, -0.2) is 0 Å². The third-order valence-electron chi connectivity index (χ3n) is 5.62. The highest BCUT2D eigenvalue weighted by atomic mass is 35.5. The van der Waals surface area contributed by atoms with Crippen molar-refractivity contribution in [2.75, 3.05) is 20.3 Å². The van der Waals surface area contributed by atoms with Gasteiger partial charge in [-0.1, -0.05) is 35.9 Å². The summed E-state index contributed by atoms with van der Waals surface area (Å²) in [6.07, 6.45) is 1.47. The lowest BCUT2D eigenvalue weighted by Crippen LogP contribution is -2.45. The van der Waals surface area contributed by atoms with Gasteiger partial charge in [-0.3, -0.25) is 0 Å². The van der Waals surface area contributed by atoms with Crippen LogP contribution in [0.25, 0.3) is 0 Å². The van der Waals surface area contributed by atoms with E-state index in [1.165, 1.54) is 5.56 Å². The molecule has 0 radical (unpaired) electrons. The summed E-state index contributed by atoms with van der Waals surface area (Å²) in [5, 5.41) is 18.1. The third-order valence-corrected chi connectivity index (χ3v) is 5.99. The maximum Gasteiger partial charge on any atom is 0.119 e. The average Bonchev–Trinajstić information content (AvgIpc) is 3.58. The number of rotatable bonds is 6. The first kappa shape index (κ1) is 23.0. The van der Waals surface area contributed by atoms with E-state index < -0.39 is 11.7 Å². The smallest absolute Gasteiger partial charge is 0.119 e. The van der Waals surface area contributed by atoms with Gasteiger partial charge in [-0.15, -0.1) is 0 Å². The molecule has 2 N–H and O–H groups in total. The molecule has 2 aromatic rings. The van der Waals surface area contributed by atoms with Crippen LogP contribution in [-0.2, 0) is 15.9 Å². The Morgan fingerprint density at radius 3 is 2.50 bits per heavy atom. The molecule has 2 saturated heterocycles. The fraction of sp³-hybridized carbons (Fsp3) is 0.500. The number of hydrogen-bond donors (Lipinski definition) is 2. The molecule has 0 bridgehead atoms. The summed E-state index contributed by atoms with van der Waals surface area (Å²) in [7, 11) is 1.00. The van der Waals surface area contributed by atoms with Crippen molar-refractivity contribution in [3.63, 3.8) is 0 Å². The van der Waals surface area contributed by atoms with Gasteiger partial charge >= 0.3 is 0 Å². The predicted octanol–water partition coefficient (Wildman–Crippen LogP) is 4.31. The predicted molar refractivity (Wildman–Crippen MR) is 117 cm³/mol. The second-order valence-corrected chi connectivity index (χ2v) is 8.35. The topological polar surface area (TPSA) is 71.5 Å². The standard InChI is InChI=1S/C23H27ClO4.CH4O/c1-3-26-19-7-4-15(5-8-19)10-17-11-16(6-9-20(17)24)21-12-18(25)13-23(2,28-21)22-14-27-22;1-2/h4-9,11,18,21-22,25H,3,10,12-14H2,1-2H3;2H,1H3/t18?,21?,22?,23-;/m0./s1. The first-order chi connectivity index (χ1) is 14.5. The molecule has 2 aliphatic heterocycles. The molecule has 164 valence electrons. The Balaban J connectivity index is 0.00000124. The Hall–Kier alpha value is -1.63. The number of benzene rings is 2. The summed E-state index contributed by atoms with van der Waals surface area (Å²) in [5.41, 5.74) is 2.84. The van der Waals surface area contributed by atoms with Crippen molar-refractivity contribution in [3.05, 3.63) is 64.2 Å². The summed E-state index contributed by atoms with van der Waals surface area (Å²) >= 11 is 6.48. The van der Waals surface area contributed by atoms with Gasteiger partial charge in [0, 0.05) is 25.0 Å². The van der Waals surface area contributed by atoms with Crippen molar-refractivity contribution in [1.82, 2.24) is 0 Å². The van der Waals surface area contributed by atoms with Gasteiger partial charge in [0.1, 0.15) is 11.9 Å². The van der Waals surface area contributed by atoms with Crippen LogP contribution in [0.3, 0.4) is 0 Å². The number of hydrogen-bond acceptors (Lipinski definition) is 5. The van der Waals surface area contributed by atoms with Crippen LogP contribution in [0.5, 0.6) is 5.75 Å². The molecule has 0 aliphatic carbocycles. The van der Waals surface area contributed by atoms with E-state index in [1.54, 1.807) is 0 Å². The SMILES string of the molecule is CCOc1ccc(Cc2cc(C3CC(O)C[C@@](C)(C4CO4)O3)ccc2Cl)cc1.CO. The highest BCUT2D eigenvalue weighted by Crippen LogP contribution is 2.43. The summed E-state index contributed by atoms with van der Waals surface area (Å²) in [4.78, 5) is 0. The second-order valence-electron chi connectivity index (χ2n) is 7.94.